The van der Waals surface area contributed by atoms with E-state index in [0.717, 1.165) is 0 Å². The summed E-state index contributed by atoms with van der Waals surface area (Å²) in [7, 11) is 3.39. The van der Waals surface area contributed by atoms with Gasteiger partial charge in [0.15, 0.2) is 0 Å². The molecule has 0 radical (unpaired) electrons. The lowest BCUT2D eigenvalue weighted by atomic mass is 10.2. The predicted molar refractivity (Wildman–Crippen MR) is 59.9 cm³/mol. The quantitative estimate of drug-likeness (QED) is 0.574. The smallest absolute Gasteiger partial charge is 0.271 e. The van der Waals surface area contributed by atoms with Crippen LogP contribution in [0.2, 0.25) is 0 Å². The van der Waals surface area contributed by atoms with Crippen molar-refractivity contribution in [2.45, 2.75) is 6.92 Å². The highest BCUT2D eigenvalue weighted by atomic mass is 16.6. The summed E-state index contributed by atoms with van der Waals surface area (Å²) in [6.07, 6.45) is 0. The van der Waals surface area contributed by atoms with E-state index in [9.17, 15) is 14.9 Å². The van der Waals surface area contributed by atoms with Gasteiger partial charge in [-0.15, -0.1) is 0 Å². The number of non-ortho nitro benzene ring substituents is 1. The Balaban J connectivity index is 3.15. The third-order valence-corrected chi connectivity index (χ3v) is 1.98. The third kappa shape index (κ3) is 2.54. The summed E-state index contributed by atoms with van der Waals surface area (Å²) in [5.41, 5.74) is 0.442. The van der Waals surface area contributed by atoms with E-state index in [1.807, 2.05) is 0 Å². The maximum absolute atomic E-state index is 11.4. The van der Waals surface area contributed by atoms with E-state index in [0.29, 0.717) is 5.69 Å². The Morgan fingerprint density at radius 3 is 2.44 bits per heavy atom. The predicted octanol–water partition coefficient (Wildman–Crippen LogP) is 1.42. The largest absolute Gasteiger partial charge is 0.273 e. The molecule has 6 nitrogen and oxygen atoms in total. The second-order valence-electron chi connectivity index (χ2n) is 3.45. The van der Waals surface area contributed by atoms with Crippen LogP contribution in [0.25, 0.3) is 0 Å². The van der Waals surface area contributed by atoms with Gasteiger partial charge < -0.3 is 0 Å². The molecule has 0 unspecified atom stereocenters. The standard InChI is InChI=1S/C10H13N3O3/c1-8(14)12(11(2)3)9-5-4-6-10(7-9)13(15)16/h4-7H,1-3H3. The van der Waals surface area contributed by atoms with Crippen molar-refractivity contribution in [3.63, 3.8) is 0 Å². The zero-order valence-electron chi connectivity index (χ0n) is 9.38. The van der Waals surface area contributed by atoms with Crippen molar-refractivity contribution in [2.75, 3.05) is 19.1 Å². The Bertz CT molecular complexity index is 418. The molecule has 0 N–H and O–H groups in total. The van der Waals surface area contributed by atoms with Gasteiger partial charge in [0.25, 0.3) is 5.69 Å². The molecule has 0 atom stereocenters. The first-order valence-electron chi connectivity index (χ1n) is 4.66. The molecule has 0 spiro atoms. The molecule has 0 aliphatic carbocycles. The zero-order valence-corrected chi connectivity index (χ0v) is 9.38. The van der Waals surface area contributed by atoms with Crippen molar-refractivity contribution in [3.05, 3.63) is 34.4 Å². The lowest BCUT2D eigenvalue weighted by Crippen LogP contribution is -2.40. The van der Waals surface area contributed by atoms with E-state index in [1.54, 1.807) is 31.2 Å². The molecule has 6 heteroatoms. The second-order valence-corrected chi connectivity index (χ2v) is 3.45. The van der Waals surface area contributed by atoms with Gasteiger partial charge in [0.05, 0.1) is 10.6 Å². The fraction of sp³-hybridized carbons (Fsp3) is 0.300. The van der Waals surface area contributed by atoms with Gasteiger partial charge in [0.2, 0.25) is 5.91 Å². The van der Waals surface area contributed by atoms with E-state index in [2.05, 4.69) is 0 Å². The second kappa shape index (κ2) is 4.71. The number of nitro groups is 1. The first-order valence-corrected chi connectivity index (χ1v) is 4.66. The van der Waals surface area contributed by atoms with Crippen molar-refractivity contribution in [1.82, 2.24) is 5.01 Å². The van der Waals surface area contributed by atoms with Crippen LogP contribution in [0, 0.1) is 10.1 Å². The molecule has 1 amide bonds. The Kier molecular flexibility index (Phi) is 3.57. The minimum Gasteiger partial charge on any atom is -0.273 e. The van der Waals surface area contributed by atoms with E-state index >= 15 is 0 Å². The molecule has 0 fully saturated rings. The van der Waals surface area contributed by atoms with Crippen LogP contribution in [0.15, 0.2) is 24.3 Å². The fourth-order valence-electron chi connectivity index (χ4n) is 1.43. The molecule has 0 heterocycles. The van der Waals surface area contributed by atoms with Gasteiger partial charge in [0, 0.05) is 33.2 Å². The van der Waals surface area contributed by atoms with Gasteiger partial charge in [-0.25, -0.2) is 10.0 Å². The van der Waals surface area contributed by atoms with Gasteiger partial charge in [0.1, 0.15) is 0 Å². The van der Waals surface area contributed by atoms with Crippen molar-refractivity contribution in [1.29, 1.82) is 0 Å². The molecule has 86 valence electrons. The molecule has 1 aromatic carbocycles. The normalized spacial score (nSPS) is 10.2. The minimum absolute atomic E-state index is 0.0365. The fourth-order valence-corrected chi connectivity index (χ4v) is 1.43. The Labute approximate surface area is 93.2 Å². The molecule has 0 bridgehead atoms. The summed E-state index contributed by atoms with van der Waals surface area (Å²) in [6.45, 7) is 1.40. The molecule has 0 aliphatic heterocycles. The molecular formula is C10H13N3O3. The highest BCUT2D eigenvalue weighted by Gasteiger charge is 2.16. The average molecular weight is 223 g/mol. The van der Waals surface area contributed by atoms with Gasteiger partial charge in [-0.2, -0.15) is 0 Å². The number of hydrogen-bond acceptors (Lipinski definition) is 4. The van der Waals surface area contributed by atoms with Crippen LogP contribution in [0.5, 0.6) is 0 Å². The van der Waals surface area contributed by atoms with Gasteiger partial charge in [-0.05, 0) is 6.07 Å². The van der Waals surface area contributed by atoms with E-state index in [1.165, 1.54) is 24.1 Å². The highest BCUT2D eigenvalue weighted by Crippen LogP contribution is 2.21. The van der Waals surface area contributed by atoms with Crippen LogP contribution >= 0.6 is 0 Å². The van der Waals surface area contributed by atoms with E-state index < -0.39 is 4.92 Å². The average Bonchev–Trinajstić information content (AvgIpc) is 2.16. The topological polar surface area (TPSA) is 66.7 Å². The summed E-state index contributed by atoms with van der Waals surface area (Å²) < 4.78 is 0. The van der Waals surface area contributed by atoms with Crippen LogP contribution in [0.3, 0.4) is 0 Å². The number of hydrazine groups is 1. The number of carbonyl (C=O) groups excluding carboxylic acids is 1. The van der Waals surface area contributed by atoms with Crippen LogP contribution in [0.4, 0.5) is 11.4 Å². The number of amides is 1. The lowest BCUT2D eigenvalue weighted by Gasteiger charge is -2.27. The number of nitro benzene ring substituents is 1. The lowest BCUT2D eigenvalue weighted by molar-refractivity contribution is -0.384. The number of carbonyl (C=O) groups is 1. The Hall–Kier alpha value is -1.95. The maximum Gasteiger partial charge on any atom is 0.271 e. The monoisotopic (exact) mass is 223 g/mol. The summed E-state index contributed by atoms with van der Waals surface area (Å²) in [4.78, 5) is 21.5. The zero-order chi connectivity index (χ0) is 12.3. The Morgan fingerprint density at radius 2 is 2.00 bits per heavy atom. The van der Waals surface area contributed by atoms with Crippen molar-refractivity contribution in [3.8, 4) is 0 Å². The number of anilines is 1. The summed E-state index contributed by atoms with van der Waals surface area (Å²) >= 11 is 0. The Morgan fingerprint density at radius 1 is 1.38 bits per heavy atom. The molecule has 1 aromatic rings. The third-order valence-electron chi connectivity index (χ3n) is 1.98. The number of benzene rings is 1. The number of nitrogens with zero attached hydrogens (tertiary/aromatic N) is 3. The summed E-state index contributed by atoms with van der Waals surface area (Å²) in [5.74, 6) is -0.203. The molecule has 0 saturated heterocycles. The van der Waals surface area contributed by atoms with Gasteiger partial charge >= 0.3 is 0 Å². The highest BCUT2D eigenvalue weighted by molar-refractivity contribution is 5.90. The van der Waals surface area contributed by atoms with Crippen LogP contribution < -0.4 is 5.01 Å². The first-order chi connectivity index (χ1) is 7.43. The van der Waals surface area contributed by atoms with Crippen molar-refractivity contribution < 1.29 is 9.72 Å². The van der Waals surface area contributed by atoms with Gasteiger partial charge in [-0.3, -0.25) is 14.9 Å². The number of hydrogen-bond donors (Lipinski definition) is 0. The van der Waals surface area contributed by atoms with Crippen LogP contribution in [0.1, 0.15) is 6.92 Å². The van der Waals surface area contributed by atoms with Crippen LogP contribution in [-0.2, 0) is 4.79 Å². The van der Waals surface area contributed by atoms with Crippen molar-refractivity contribution in [2.24, 2.45) is 0 Å². The maximum atomic E-state index is 11.4. The molecular weight excluding hydrogens is 210 g/mol. The summed E-state index contributed by atoms with van der Waals surface area (Å²) in [5, 5.41) is 13.5. The van der Waals surface area contributed by atoms with Crippen molar-refractivity contribution >= 4 is 17.3 Å². The molecule has 1 rings (SSSR count). The minimum atomic E-state index is -0.489. The summed E-state index contributed by atoms with van der Waals surface area (Å²) in [6, 6.07) is 5.94. The molecule has 0 aliphatic rings. The molecule has 0 saturated carbocycles. The van der Waals surface area contributed by atoms with E-state index in [-0.39, 0.29) is 11.6 Å². The SMILES string of the molecule is CC(=O)N(c1cccc([N+](=O)[O-])c1)N(C)C. The van der Waals surface area contributed by atoms with E-state index in [4.69, 9.17) is 0 Å². The number of rotatable bonds is 3. The molecule has 0 aromatic heterocycles. The van der Waals surface area contributed by atoms with Gasteiger partial charge in [-0.1, -0.05) is 6.07 Å². The first kappa shape index (κ1) is 12.1. The van der Waals surface area contributed by atoms with Crippen LogP contribution in [-0.4, -0.2) is 29.9 Å². The molecule has 16 heavy (non-hydrogen) atoms.